The highest BCUT2D eigenvalue weighted by atomic mass is 16.4. The van der Waals surface area contributed by atoms with Crippen molar-refractivity contribution in [3.05, 3.63) is 0 Å². The van der Waals surface area contributed by atoms with Gasteiger partial charge >= 0.3 is 5.97 Å². The molecule has 0 aliphatic heterocycles. The van der Waals surface area contributed by atoms with E-state index in [1.807, 2.05) is 41.5 Å². The fourth-order valence-corrected chi connectivity index (χ4v) is 3.42. The van der Waals surface area contributed by atoms with E-state index in [2.05, 4.69) is 16.0 Å². The molecule has 0 fully saturated rings. The van der Waals surface area contributed by atoms with Crippen LogP contribution in [0.4, 0.5) is 0 Å². The van der Waals surface area contributed by atoms with Gasteiger partial charge in [-0.1, -0.05) is 60.8 Å². The van der Waals surface area contributed by atoms with E-state index < -0.39 is 47.9 Å². The zero-order valence-electron chi connectivity index (χ0n) is 21.7. The van der Waals surface area contributed by atoms with Crippen LogP contribution in [0.5, 0.6) is 0 Å². The summed E-state index contributed by atoms with van der Waals surface area (Å²) in [6.07, 6.45) is 3.40. The van der Waals surface area contributed by atoms with E-state index in [4.69, 9.17) is 11.5 Å². The minimum absolute atomic E-state index is 0.0495. The highest BCUT2D eigenvalue weighted by molar-refractivity contribution is 5.94. The van der Waals surface area contributed by atoms with Crippen LogP contribution in [0, 0.1) is 17.8 Å². The van der Waals surface area contributed by atoms with Crippen LogP contribution in [0.25, 0.3) is 0 Å². The van der Waals surface area contributed by atoms with Crippen LogP contribution >= 0.6 is 0 Å². The number of nitrogens with one attached hydrogen (secondary N) is 3. The second-order valence-electron chi connectivity index (χ2n) is 9.34. The Morgan fingerprint density at radius 2 is 1.18 bits per heavy atom. The standard InChI is InChI=1S/C24H47N5O5/c1-7-14(4)18(26)21(30)28-20(16(6)9-3)23(32)29-19(15(5)8-2)22(31)27-17(24(33)34)12-10-11-13-25/h14-20H,7-13,25-26H2,1-6H3,(H,27,31)(H,28,30)(H,29,32)(H,33,34). The van der Waals surface area contributed by atoms with Gasteiger partial charge in [-0.15, -0.1) is 0 Å². The molecule has 7 unspecified atom stereocenters. The Balaban J connectivity index is 5.58. The average molecular weight is 486 g/mol. The van der Waals surface area contributed by atoms with Crippen LogP contribution in [0.1, 0.15) is 80.1 Å². The summed E-state index contributed by atoms with van der Waals surface area (Å²) >= 11 is 0. The molecular formula is C24H47N5O5. The molecule has 0 aromatic rings. The van der Waals surface area contributed by atoms with Crippen molar-refractivity contribution in [3.8, 4) is 0 Å². The fourth-order valence-electron chi connectivity index (χ4n) is 3.42. The first-order valence-electron chi connectivity index (χ1n) is 12.5. The maximum absolute atomic E-state index is 13.2. The van der Waals surface area contributed by atoms with Gasteiger partial charge in [0.2, 0.25) is 17.7 Å². The summed E-state index contributed by atoms with van der Waals surface area (Å²) in [6, 6.07) is -3.63. The normalized spacial score (nSPS) is 17.4. The monoisotopic (exact) mass is 485 g/mol. The predicted molar refractivity (Wildman–Crippen MR) is 133 cm³/mol. The molecule has 8 N–H and O–H groups in total. The predicted octanol–water partition coefficient (Wildman–Crippen LogP) is 1.12. The first-order valence-corrected chi connectivity index (χ1v) is 12.5. The summed E-state index contributed by atoms with van der Waals surface area (Å²) in [5.74, 6) is -3.10. The number of carboxylic acids is 1. The fraction of sp³-hybridized carbons (Fsp3) is 0.833. The van der Waals surface area contributed by atoms with Crippen molar-refractivity contribution in [2.24, 2.45) is 29.2 Å². The minimum Gasteiger partial charge on any atom is -0.480 e. The highest BCUT2D eigenvalue weighted by Gasteiger charge is 2.34. The van der Waals surface area contributed by atoms with Crippen LogP contribution in [-0.2, 0) is 19.2 Å². The van der Waals surface area contributed by atoms with Crippen molar-refractivity contribution in [1.82, 2.24) is 16.0 Å². The Hall–Kier alpha value is -2.20. The Bertz CT molecular complexity index is 660. The van der Waals surface area contributed by atoms with Crippen molar-refractivity contribution in [1.29, 1.82) is 0 Å². The molecule has 0 aliphatic rings. The summed E-state index contributed by atoms with van der Waals surface area (Å²) in [5.41, 5.74) is 11.5. The number of hydrogen-bond donors (Lipinski definition) is 6. The molecule has 3 amide bonds. The smallest absolute Gasteiger partial charge is 0.326 e. The van der Waals surface area contributed by atoms with Gasteiger partial charge in [-0.05, 0) is 43.6 Å². The molecule has 0 radical (unpaired) electrons. The van der Waals surface area contributed by atoms with E-state index in [1.54, 1.807) is 0 Å². The molecule has 0 saturated carbocycles. The zero-order chi connectivity index (χ0) is 26.4. The third-order valence-electron chi connectivity index (χ3n) is 6.71. The van der Waals surface area contributed by atoms with Crippen LogP contribution in [-0.4, -0.2) is 59.5 Å². The second kappa shape index (κ2) is 16.4. The third-order valence-corrected chi connectivity index (χ3v) is 6.71. The zero-order valence-corrected chi connectivity index (χ0v) is 21.7. The molecule has 10 heteroatoms. The molecule has 0 saturated heterocycles. The highest BCUT2D eigenvalue weighted by Crippen LogP contribution is 2.14. The van der Waals surface area contributed by atoms with E-state index in [1.165, 1.54) is 0 Å². The quantitative estimate of drug-likeness (QED) is 0.167. The molecular weight excluding hydrogens is 438 g/mol. The van der Waals surface area contributed by atoms with Crippen molar-refractivity contribution >= 4 is 23.7 Å². The van der Waals surface area contributed by atoms with Gasteiger partial charge < -0.3 is 32.5 Å². The van der Waals surface area contributed by atoms with Gasteiger partial charge in [0.15, 0.2) is 0 Å². The van der Waals surface area contributed by atoms with Gasteiger partial charge in [-0.3, -0.25) is 14.4 Å². The van der Waals surface area contributed by atoms with Gasteiger partial charge in [0.25, 0.3) is 0 Å². The van der Waals surface area contributed by atoms with Gasteiger partial charge in [0.05, 0.1) is 6.04 Å². The Kier molecular flexibility index (Phi) is 15.4. The number of carboxylic acid groups (broad SMARTS) is 1. The lowest BCUT2D eigenvalue weighted by Crippen LogP contribution is -2.60. The Morgan fingerprint density at radius 1 is 0.735 bits per heavy atom. The van der Waals surface area contributed by atoms with Crippen molar-refractivity contribution < 1.29 is 24.3 Å². The van der Waals surface area contributed by atoms with Gasteiger partial charge in [0.1, 0.15) is 18.1 Å². The van der Waals surface area contributed by atoms with E-state index >= 15 is 0 Å². The van der Waals surface area contributed by atoms with Crippen LogP contribution in [0.15, 0.2) is 0 Å². The van der Waals surface area contributed by atoms with Crippen LogP contribution in [0.3, 0.4) is 0 Å². The van der Waals surface area contributed by atoms with Crippen LogP contribution < -0.4 is 27.4 Å². The molecule has 0 bridgehead atoms. The van der Waals surface area contributed by atoms with Gasteiger partial charge in [0, 0.05) is 0 Å². The largest absolute Gasteiger partial charge is 0.480 e. The average Bonchev–Trinajstić information content (AvgIpc) is 2.82. The second-order valence-corrected chi connectivity index (χ2v) is 9.34. The van der Waals surface area contributed by atoms with E-state index in [0.717, 1.165) is 6.42 Å². The molecule has 34 heavy (non-hydrogen) atoms. The number of rotatable bonds is 17. The van der Waals surface area contributed by atoms with Crippen molar-refractivity contribution in [2.75, 3.05) is 6.54 Å². The lowest BCUT2D eigenvalue weighted by atomic mass is 9.93. The lowest BCUT2D eigenvalue weighted by molar-refractivity contribution is -0.143. The van der Waals surface area contributed by atoms with Gasteiger partial charge in [-0.2, -0.15) is 0 Å². The molecule has 198 valence electrons. The summed E-state index contributed by atoms with van der Waals surface area (Å²) < 4.78 is 0. The maximum atomic E-state index is 13.2. The number of nitrogens with two attached hydrogens (primary N) is 2. The minimum atomic E-state index is -1.14. The number of amides is 3. The summed E-state index contributed by atoms with van der Waals surface area (Å²) in [6.45, 7) is 11.7. The number of carbonyl (C=O) groups is 4. The number of unbranched alkanes of at least 4 members (excludes halogenated alkanes) is 1. The molecule has 0 aromatic heterocycles. The van der Waals surface area contributed by atoms with Crippen molar-refractivity contribution in [3.63, 3.8) is 0 Å². The first-order chi connectivity index (χ1) is 15.9. The lowest BCUT2D eigenvalue weighted by Gasteiger charge is -2.30. The topological polar surface area (TPSA) is 177 Å². The van der Waals surface area contributed by atoms with E-state index in [0.29, 0.717) is 32.2 Å². The Morgan fingerprint density at radius 3 is 1.59 bits per heavy atom. The SMILES string of the molecule is CCC(C)C(N)C(=O)NC(C(=O)NC(C(=O)NC(CCCCN)C(=O)O)C(C)CC)C(C)CC. The Labute approximate surface area is 204 Å². The summed E-state index contributed by atoms with van der Waals surface area (Å²) in [4.78, 5) is 50.5. The molecule has 0 aliphatic carbocycles. The van der Waals surface area contributed by atoms with Gasteiger partial charge in [-0.25, -0.2) is 4.79 Å². The molecule has 0 spiro atoms. The van der Waals surface area contributed by atoms with E-state index in [9.17, 15) is 24.3 Å². The molecule has 0 heterocycles. The van der Waals surface area contributed by atoms with Crippen molar-refractivity contribution in [2.45, 2.75) is 104 Å². The third kappa shape index (κ3) is 10.4. The first kappa shape index (κ1) is 31.8. The number of hydrogen-bond acceptors (Lipinski definition) is 6. The molecule has 7 atom stereocenters. The molecule has 0 aromatic carbocycles. The summed E-state index contributed by atoms with van der Waals surface area (Å²) in [5, 5.41) is 17.6. The number of aliphatic carboxylic acids is 1. The summed E-state index contributed by atoms with van der Waals surface area (Å²) in [7, 11) is 0. The maximum Gasteiger partial charge on any atom is 0.326 e. The number of carbonyl (C=O) groups excluding carboxylic acids is 3. The molecule has 10 nitrogen and oxygen atoms in total. The van der Waals surface area contributed by atoms with Crippen LogP contribution in [0.2, 0.25) is 0 Å². The molecule has 0 rings (SSSR count). The van der Waals surface area contributed by atoms with E-state index in [-0.39, 0.29) is 24.2 Å².